The van der Waals surface area contributed by atoms with Crippen molar-refractivity contribution < 1.29 is 14.3 Å². The Kier molecular flexibility index (Phi) is 5.97. The first-order valence-electron chi connectivity index (χ1n) is 10.3. The summed E-state index contributed by atoms with van der Waals surface area (Å²) in [6.45, 7) is 2.74. The van der Waals surface area contributed by atoms with Gasteiger partial charge < -0.3 is 19.9 Å². The topological polar surface area (TPSA) is 104 Å². The minimum atomic E-state index is -0.337. The molecule has 2 amide bonds. The first-order valence-corrected chi connectivity index (χ1v) is 10.3. The number of ether oxygens (including phenoxy) is 1. The number of rotatable bonds is 4. The van der Waals surface area contributed by atoms with Gasteiger partial charge in [0.2, 0.25) is 0 Å². The maximum Gasteiger partial charge on any atom is 0.321 e. The molecule has 1 aliphatic heterocycles. The number of hydrogen-bond acceptors (Lipinski definition) is 5. The van der Waals surface area contributed by atoms with Crippen LogP contribution in [0.4, 0.5) is 10.5 Å². The Morgan fingerprint density at radius 1 is 1.13 bits per heavy atom. The predicted octanol–water partition coefficient (Wildman–Crippen LogP) is 3.22. The third-order valence-electron chi connectivity index (χ3n) is 5.48. The molecule has 31 heavy (non-hydrogen) atoms. The molecule has 8 heteroatoms. The van der Waals surface area contributed by atoms with E-state index >= 15 is 0 Å². The normalized spacial score (nSPS) is 14.4. The number of nitrogens with one attached hydrogen (secondary N) is 2. The van der Waals surface area contributed by atoms with Gasteiger partial charge in [-0.05, 0) is 43.5 Å². The molecule has 1 aromatic heterocycles. The van der Waals surface area contributed by atoms with E-state index in [0.29, 0.717) is 42.7 Å². The number of para-hydroxylation sites is 2. The number of piperidine rings is 1. The number of benzene rings is 2. The molecule has 1 saturated heterocycles. The largest absolute Gasteiger partial charge is 0.457 e. The number of esters is 1. The van der Waals surface area contributed by atoms with Gasteiger partial charge in [-0.2, -0.15) is 0 Å². The lowest BCUT2D eigenvalue weighted by Gasteiger charge is -2.30. The summed E-state index contributed by atoms with van der Waals surface area (Å²) in [5.74, 6) is -0.301. The fourth-order valence-corrected chi connectivity index (χ4v) is 3.72. The van der Waals surface area contributed by atoms with Crippen LogP contribution in [-0.4, -0.2) is 40.0 Å². The number of urea groups is 1. The molecule has 1 aliphatic rings. The first kappa shape index (κ1) is 20.6. The molecule has 0 atom stereocenters. The lowest BCUT2D eigenvalue weighted by Crippen LogP contribution is -2.42. The molecule has 0 spiro atoms. The zero-order chi connectivity index (χ0) is 21.8. The van der Waals surface area contributed by atoms with E-state index in [4.69, 9.17) is 4.74 Å². The molecule has 4 rings (SSSR count). The maximum atomic E-state index is 12.5. The van der Waals surface area contributed by atoms with E-state index in [1.165, 1.54) is 0 Å². The van der Waals surface area contributed by atoms with Gasteiger partial charge in [-0.25, -0.2) is 9.78 Å². The first-order chi connectivity index (χ1) is 15.0. The minimum Gasteiger partial charge on any atom is -0.457 e. The molecule has 2 N–H and O–H groups in total. The molecule has 2 heterocycles. The zero-order valence-electron chi connectivity index (χ0n) is 17.3. The smallest absolute Gasteiger partial charge is 0.321 e. The molecule has 0 saturated carbocycles. The molecule has 160 valence electrons. The fourth-order valence-electron chi connectivity index (χ4n) is 3.72. The summed E-state index contributed by atoms with van der Waals surface area (Å²) in [6, 6.07) is 14.5. The standard InChI is InChI=1S/C23H24N4O4/c1-15-6-5-9-18-20(15)25-19(26-21(18)28)14-31-22(29)16-10-12-27(13-11-16)23(30)24-17-7-3-2-4-8-17/h2-9,16H,10-14H2,1H3,(H,24,30)(H,25,26,28). The Bertz CT molecular complexity index is 1150. The number of aryl methyl sites for hydroxylation is 1. The highest BCUT2D eigenvalue weighted by molar-refractivity contribution is 5.89. The van der Waals surface area contributed by atoms with Crippen LogP contribution in [0.1, 0.15) is 24.2 Å². The van der Waals surface area contributed by atoms with Crippen molar-refractivity contribution in [1.82, 2.24) is 14.9 Å². The van der Waals surface area contributed by atoms with Crippen molar-refractivity contribution >= 4 is 28.6 Å². The summed E-state index contributed by atoms with van der Waals surface area (Å²) in [4.78, 5) is 45.9. The average molecular weight is 420 g/mol. The van der Waals surface area contributed by atoms with Gasteiger partial charge in [0.25, 0.3) is 5.56 Å². The number of carbonyl (C=O) groups is 2. The number of H-pyrrole nitrogens is 1. The summed E-state index contributed by atoms with van der Waals surface area (Å²) >= 11 is 0. The van der Waals surface area contributed by atoms with Gasteiger partial charge in [0.15, 0.2) is 0 Å². The third-order valence-corrected chi connectivity index (χ3v) is 5.48. The van der Waals surface area contributed by atoms with Crippen LogP contribution in [0, 0.1) is 12.8 Å². The highest BCUT2D eigenvalue weighted by Crippen LogP contribution is 2.20. The van der Waals surface area contributed by atoms with Crippen LogP contribution < -0.4 is 10.9 Å². The summed E-state index contributed by atoms with van der Waals surface area (Å²) in [7, 11) is 0. The van der Waals surface area contributed by atoms with Gasteiger partial charge in [-0.3, -0.25) is 9.59 Å². The predicted molar refractivity (Wildman–Crippen MR) is 117 cm³/mol. The second kappa shape index (κ2) is 8.99. The molecule has 0 unspecified atom stereocenters. The van der Waals surface area contributed by atoms with Gasteiger partial charge >= 0.3 is 12.0 Å². The van der Waals surface area contributed by atoms with Crippen LogP contribution >= 0.6 is 0 Å². The highest BCUT2D eigenvalue weighted by Gasteiger charge is 2.28. The van der Waals surface area contributed by atoms with Gasteiger partial charge in [0.1, 0.15) is 12.4 Å². The van der Waals surface area contributed by atoms with Crippen LogP contribution in [0.2, 0.25) is 0 Å². The minimum absolute atomic E-state index is 0.0902. The van der Waals surface area contributed by atoms with Crippen LogP contribution in [0.5, 0.6) is 0 Å². The molecule has 0 aliphatic carbocycles. The Morgan fingerprint density at radius 2 is 1.87 bits per heavy atom. The van der Waals surface area contributed by atoms with Crippen molar-refractivity contribution in [1.29, 1.82) is 0 Å². The number of aromatic nitrogens is 2. The van der Waals surface area contributed by atoms with Crippen molar-refractivity contribution in [2.75, 3.05) is 18.4 Å². The van der Waals surface area contributed by atoms with Crippen molar-refractivity contribution in [3.8, 4) is 0 Å². The quantitative estimate of drug-likeness (QED) is 0.631. The van der Waals surface area contributed by atoms with Gasteiger partial charge in [-0.1, -0.05) is 30.3 Å². The molecule has 3 aromatic rings. The zero-order valence-corrected chi connectivity index (χ0v) is 17.3. The molecular weight excluding hydrogens is 396 g/mol. The SMILES string of the molecule is Cc1cccc2c(=O)[nH]c(COC(=O)C3CCN(C(=O)Nc4ccccc4)CC3)nc12. The van der Waals surface area contributed by atoms with E-state index in [1.54, 1.807) is 17.0 Å². The highest BCUT2D eigenvalue weighted by atomic mass is 16.5. The number of fused-ring (bicyclic) bond motifs is 1. The molecule has 1 fully saturated rings. The molecular formula is C23H24N4O4. The van der Waals surface area contributed by atoms with E-state index in [9.17, 15) is 14.4 Å². The van der Waals surface area contributed by atoms with E-state index in [2.05, 4.69) is 15.3 Å². The van der Waals surface area contributed by atoms with Crippen molar-refractivity contribution in [2.24, 2.45) is 5.92 Å². The van der Waals surface area contributed by atoms with Crippen LogP contribution in [0.3, 0.4) is 0 Å². The second-order valence-corrected chi connectivity index (χ2v) is 7.65. The van der Waals surface area contributed by atoms with Crippen LogP contribution in [0.15, 0.2) is 53.3 Å². The van der Waals surface area contributed by atoms with E-state index in [0.717, 1.165) is 11.3 Å². The van der Waals surface area contributed by atoms with Crippen molar-refractivity contribution in [3.05, 3.63) is 70.3 Å². The van der Waals surface area contributed by atoms with Gasteiger partial charge in [0.05, 0.1) is 16.8 Å². The molecule has 0 bridgehead atoms. The maximum absolute atomic E-state index is 12.5. The number of carbonyl (C=O) groups excluding carboxylic acids is 2. The Balaban J connectivity index is 1.30. The molecule has 0 radical (unpaired) electrons. The second-order valence-electron chi connectivity index (χ2n) is 7.65. The van der Waals surface area contributed by atoms with Crippen LogP contribution in [-0.2, 0) is 16.1 Å². The summed E-state index contributed by atoms with van der Waals surface area (Å²) in [5.41, 5.74) is 1.98. The Hall–Kier alpha value is -3.68. The third kappa shape index (κ3) is 4.74. The van der Waals surface area contributed by atoms with Crippen molar-refractivity contribution in [3.63, 3.8) is 0 Å². The molecule has 2 aromatic carbocycles. The number of nitrogens with zero attached hydrogens (tertiary/aromatic N) is 2. The number of likely N-dealkylation sites (tertiary alicyclic amines) is 1. The van der Waals surface area contributed by atoms with Gasteiger partial charge in [-0.15, -0.1) is 0 Å². The summed E-state index contributed by atoms with van der Waals surface area (Å²) < 4.78 is 5.41. The lowest BCUT2D eigenvalue weighted by atomic mass is 9.97. The number of aromatic amines is 1. The fraction of sp³-hybridized carbons (Fsp3) is 0.304. The summed E-state index contributed by atoms with van der Waals surface area (Å²) in [5, 5.41) is 3.37. The number of amides is 2. The number of anilines is 1. The lowest BCUT2D eigenvalue weighted by molar-refractivity contribution is -0.151. The molecule has 8 nitrogen and oxygen atoms in total. The van der Waals surface area contributed by atoms with Crippen LogP contribution in [0.25, 0.3) is 10.9 Å². The van der Waals surface area contributed by atoms with Gasteiger partial charge in [0, 0.05) is 18.8 Å². The summed E-state index contributed by atoms with van der Waals surface area (Å²) in [6.07, 6.45) is 1.06. The number of hydrogen-bond donors (Lipinski definition) is 2. The van der Waals surface area contributed by atoms with E-state index in [-0.39, 0.29) is 30.1 Å². The van der Waals surface area contributed by atoms with Crippen molar-refractivity contribution in [2.45, 2.75) is 26.4 Å². The monoisotopic (exact) mass is 420 g/mol. The Morgan fingerprint density at radius 3 is 2.61 bits per heavy atom. The van der Waals surface area contributed by atoms with E-state index < -0.39 is 0 Å². The Labute approximate surface area is 179 Å². The van der Waals surface area contributed by atoms with E-state index in [1.807, 2.05) is 43.3 Å². The average Bonchev–Trinajstić information content (AvgIpc) is 2.79.